The predicted molar refractivity (Wildman–Crippen MR) is 81.9 cm³/mol. The number of imidazole rings is 1. The minimum absolute atomic E-state index is 0.0866. The topological polar surface area (TPSA) is 40.7 Å². The van der Waals surface area contributed by atoms with Gasteiger partial charge in [0.15, 0.2) is 0 Å². The molecule has 2 aromatic carbocycles. The summed E-state index contributed by atoms with van der Waals surface area (Å²) in [6.45, 7) is 1.95. The van der Waals surface area contributed by atoms with Crippen molar-refractivity contribution in [2.45, 2.75) is 25.8 Å². The second kappa shape index (κ2) is 4.58. The maximum atomic E-state index is 13.8. The smallest absolute Gasteiger partial charge is 0.126 e. The molecule has 4 heteroatoms. The van der Waals surface area contributed by atoms with Gasteiger partial charge in [0.1, 0.15) is 11.6 Å². The Morgan fingerprint density at radius 3 is 3.10 bits per heavy atom. The van der Waals surface area contributed by atoms with Crippen LogP contribution in [0.3, 0.4) is 0 Å². The van der Waals surface area contributed by atoms with E-state index < -0.39 is 0 Å². The first-order valence-corrected chi connectivity index (χ1v) is 7.21. The number of fused-ring (bicyclic) bond motifs is 2. The summed E-state index contributed by atoms with van der Waals surface area (Å²) in [7, 11) is 0. The summed E-state index contributed by atoms with van der Waals surface area (Å²) in [5.74, 6) is 0.826. The summed E-state index contributed by atoms with van der Waals surface area (Å²) < 4.78 is 13.8. The van der Waals surface area contributed by atoms with Crippen LogP contribution < -0.4 is 5.32 Å². The predicted octanol–water partition coefficient (Wildman–Crippen LogP) is 4.11. The lowest BCUT2D eigenvalue weighted by Crippen LogP contribution is -2.07. The summed E-state index contributed by atoms with van der Waals surface area (Å²) >= 11 is 0. The number of aryl methyl sites for hydroxylation is 1. The Hall–Kier alpha value is -2.36. The van der Waals surface area contributed by atoms with Crippen molar-refractivity contribution in [1.82, 2.24) is 9.97 Å². The number of benzene rings is 2. The Bertz CT molecular complexity index is 822. The van der Waals surface area contributed by atoms with Crippen LogP contribution in [0.2, 0.25) is 0 Å². The van der Waals surface area contributed by atoms with Crippen LogP contribution in [0, 0.1) is 12.7 Å². The highest BCUT2D eigenvalue weighted by Gasteiger charge is 2.24. The molecule has 1 aliphatic carbocycles. The van der Waals surface area contributed by atoms with Crippen LogP contribution in [0.25, 0.3) is 11.0 Å². The maximum absolute atomic E-state index is 13.8. The van der Waals surface area contributed by atoms with Crippen LogP contribution in [0.1, 0.15) is 29.4 Å². The molecule has 0 aliphatic heterocycles. The van der Waals surface area contributed by atoms with Gasteiger partial charge in [0.2, 0.25) is 0 Å². The minimum atomic E-state index is -0.0866. The molecule has 0 amide bonds. The molecule has 3 aromatic rings. The van der Waals surface area contributed by atoms with Gasteiger partial charge in [0, 0.05) is 5.69 Å². The monoisotopic (exact) mass is 281 g/mol. The quantitative estimate of drug-likeness (QED) is 0.742. The highest BCUT2D eigenvalue weighted by atomic mass is 19.1. The first-order chi connectivity index (χ1) is 10.2. The number of anilines is 1. The fourth-order valence-electron chi connectivity index (χ4n) is 3.19. The van der Waals surface area contributed by atoms with Gasteiger partial charge in [-0.1, -0.05) is 12.1 Å². The normalized spacial score (nSPS) is 17.1. The first kappa shape index (κ1) is 12.4. The van der Waals surface area contributed by atoms with Crippen LogP contribution in [-0.4, -0.2) is 9.97 Å². The van der Waals surface area contributed by atoms with E-state index in [0.29, 0.717) is 0 Å². The minimum Gasteiger partial charge on any atom is -0.378 e. The molecule has 0 radical (unpaired) electrons. The summed E-state index contributed by atoms with van der Waals surface area (Å²) in [5.41, 5.74) is 4.96. The number of rotatable bonds is 2. The zero-order valence-electron chi connectivity index (χ0n) is 11.8. The third-order valence-electron chi connectivity index (χ3n) is 4.15. The number of H-pyrrole nitrogens is 1. The number of aromatic amines is 1. The molecule has 0 fully saturated rings. The van der Waals surface area contributed by atoms with E-state index in [1.54, 1.807) is 12.1 Å². The van der Waals surface area contributed by atoms with Gasteiger partial charge >= 0.3 is 0 Å². The Morgan fingerprint density at radius 1 is 1.29 bits per heavy atom. The molecule has 1 heterocycles. The molecular formula is C17H16FN3. The number of nitrogens with zero attached hydrogens (tertiary/aromatic N) is 1. The molecule has 0 saturated carbocycles. The van der Waals surface area contributed by atoms with Crippen molar-refractivity contribution in [3.8, 4) is 0 Å². The fraction of sp³-hybridized carbons (Fsp3) is 0.235. The lowest BCUT2D eigenvalue weighted by atomic mass is 10.1. The van der Waals surface area contributed by atoms with Gasteiger partial charge in [-0.2, -0.15) is 0 Å². The molecule has 2 N–H and O–H groups in total. The molecule has 21 heavy (non-hydrogen) atoms. The average Bonchev–Trinajstić information content (AvgIpc) is 3.02. The highest BCUT2D eigenvalue weighted by molar-refractivity contribution is 5.79. The fourth-order valence-corrected chi connectivity index (χ4v) is 3.19. The second-order valence-corrected chi connectivity index (χ2v) is 5.60. The van der Waals surface area contributed by atoms with Crippen molar-refractivity contribution in [3.05, 3.63) is 59.2 Å². The summed E-state index contributed by atoms with van der Waals surface area (Å²) in [4.78, 5) is 7.64. The standard InChI is InChI=1S/C17H16FN3/c1-10-19-16-7-5-11(9-17(16)20-10)21-15-8-6-12-13(15)3-2-4-14(12)18/h2-5,7,9,15,21H,6,8H2,1H3,(H,19,20). The number of aromatic nitrogens is 2. The van der Waals surface area contributed by atoms with Gasteiger partial charge in [0.25, 0.3) is 0 Å². The van der Waals surface area contributed by atoms with Crippen molar-refractivity contribution in [3.63, 3.8) is 0 Å². The molecule has 0 bridgehead atoms. The lowest BCUT2D eigenvalue weighted by molar-refractivity contribution is 0.612. The van der Waals surface area contributed by atoms with E-state index in [0.717, 1.165) is 46.5 Å². The van der Waals surface area contributed by atoms with E-state index >= 15 is 0 Å². The Balaban J connectivity index is 1.65. The van der Waals surface area contributed by atoms with Gasteiger partial charge < -0.3 is 10.3 Å². The first-order valence-electron chi connectivity index (χ1n) is 7.21. The van der Waals surface area contributed by atoms with Gasteiger partial charge in [-0.25, -0.2) is 9.37 Å². The van der Waals surface area contributed by atoms with E-state index in [1.807, 2.05) is 25.1 Å². The second-order valence-electron chi connectivity index (χ2n) is 5.60. The molecule has 1 unspecified atom stereocenters. The van der Waals surface area contributed by atoms with Crippen LogP contribution in [0.5, 0.6) is 0 Å². The molecule has 0 spiro atoms. The third-order valence-corrected chi connectivity index (χ3v) is 4.15. The molecule has 1 atom stereocenters. The largest absolute Gasteiger partial charge is 0.378 e. The van der Waals surface area contributed by atoms with Gasteiger partial charge in [0.05, 0.1) is 17.1 Å². The number of hydrogen-bond acceptors (Lipinski definition) is 2. The molecule has 1 aliphatic rings. The van der Waals surface area contributed by atoms with E-state index in [4.69, 9.17) is 0 Å². The molecule has 3 nitrogen and oxygen atoms in total. The van der Waals surface area contributed by atoms with Crippen molar-refractivity contribution in [1.29, 1.82) is 0 Å². The average molecular weight is 281 g/mol. The van der Waals surface area contributed by atoms with Crippen molar-refractivity contribution in [2.75, 3.05) is 5.32 Å². The van der Waals surface area contributed by atoms with Gasteiger partial charge in [-0.15, -0.1) is 0 Å². The van der Waals surface area contributed by atoms with Crippen molar-refractivity contribution < 1.29 is 4.39 Å². The Morgan fingerprint density at radius 2 is 2.19 bits per heavy atom. The zero-order valence-corrected chi connectivity index (χ0v) is 11.8. The zero-order chi connectivity index (χ0) is 14.4. The Labute approximate surface area is 122 Å². The van der Waals surface area contributed by atoms with Crippen LogP contribution >= 0.6 is 0 Å². The van der Waals surface area contributed by atoms with Crippen LogP contribution in [-0.2, 0) is 6.42 Å². The molecule has 0 saturated heterocycles. The van der Waals surface area contributed by atoms with E-state index in [9.17, 15) is 4.39 Å². The summed E-state index contributed by atoms with van der Waals surface area (Å²) in [5, 5.41) is 3.51. The van der Waals surface area contributed by atoms with Crippen LogP contribution in [0.4, 0.5) is 10.1 Å². The number of nitrogens with one attached hydrogen (secondary N) is 2. The molecule has 4 rings (SSSR count). The highest BCUT2D eigenvalue weighted by Crippen LogP contribution is 2.35. The summed E-state index contributed by atoms with van der Waals surface area (Å²) in [6.07, 6.45) is 1.72. The Kier molecular flexibility index (Phi) is 2.70. The van der Waals surface area contributed by atoms with Gasteiger partial charge in [-0.05, 0) is 55.2 Å². The van der Waals surface area contributed by atoms with Crippen molar-refractivity contribution in [2.24, 2.45) is 0 Å². The number of hydrogen-bond donors (Lipinski definition) is 2. The van der Waals surface area contributed by atoms with Crippen molar-refractivity contribution >= 4 is 16.7 Å². The molecule has 106 valence electrons. The SMILES string of the molecule is Cc1nc2ccc(NC3CCc4c(F)cccc43)cc2[nH]1. The van der Waals surface area contributed by atoms with E-state index in [2.05, 4.69) is 21.4 Å². The summed E-state index contributed by atoms with van der Waals surface area (Å²) in [6, 6.07) is 11.6. The van der Waals surface area contributed by atoms with E-state index in [-0.39, 0.29) is 11.9 Å². The van der Waals surface area contributed by atoms with E-state index in [1.165, 1.54) is 0 Å². The lowest BCUT2D eigenvalue weighted by Gasteiger charge is -2.15. The molecule has 1 aromatic heterocycles. The number of halogens is 1. The maximum Gasteiger partial charge on any atom is 0.126 e. The molecular weight excluding hydrogens is 265 g/mol. The van der Waals surface area contributed by atoms with Gasteiger partial charge in [-0.3, -0.25) is 0 Å². The van der Waals surface area contributed by atoms with Crippen LogP contribution in [0.15, 0.2) is 36.4 Å². The third kappa shape index (κ3) is 2.07.